The molecule has 1 atom stereocenters. The van der Waals surface area contributed by atoms with E-state index >= 15 is 0 Å². The van der Waals surface area contributed by atoms with Gasteiger partial charge in [0.15, 0.2) is 11.0 Å². The van der Waals surface area contributed by atoms with Crippen LogP contribution in [0.5, 0.6) is 0 Å². The van der Waals surface area contributed by atoms with Crippen LogP contribution in [0.25, 0.3) is 17.1 Å². The van der Waals surface area contributed by atoms with Gasteiger partial charge in [0.1, 0.15) is 0 Å². The van der Waals surface area contributed by atoms with Crippen molar-refractivity contribution in [3.8, 4) is 17.1 Å². The standard InChI is InChI=1S/C32H43N5O2S/c1-5-6-7-8-10-30(39)36-21-20-35(23-26(36)4)29(38)11-9-22-40-32-34-33-31(27-16-12-24(2)13-17-27)37(32)28-18-14-25(3)15-19-28/h12-19,26H,5-11,20-23H2,1-4H3. The molecule has 0 saturated carbocycles. The van der Waals surface area contributed by atoms with Crippen LogP contribution in [0.3, 0.4) is 0 Å². The first-order valence-corrected chi connectivity index (χ1v) is 15.7. The highest BCUT2D eigenvalue weighted by atomic mass is 32.2. The zero-order valence-electron chi connectivity index (χ0n) is 24.4. The minimum atomic E-state index is 0.0685. The van der Waals surface area contributed by atoms with Gasteiger partial charge in [0, 0.05) is 55.5 Å². The Kier molecular flexibility index (Phi) is 10.8. The average molecular weight is 562 g/mol. The smallest absolute Gasteiger partial charge is 0.222 e. The second-order valence-electron chi connectivity index (χ2n) is 10.9. The summed E-state index contributed by atoms with van der Waals surface area (Å²) in [6.07, 6.45) is 6.30. The third-order valence-corrected chi connectivity index (χ3v) is 8.56. The maximum atomic E-state index is 13.0. The molecule has 2 heterocycles. The number of rotatable bonds is 12. The third-order valence-electron chi connectivity index (χ3n) is 7.55. The number of aromatic nitrogens is 3. The molecule has 1 unspecified atom stereocenters. The number of benzene rings is 2. The summed E-state index contributed by atoms with van der Waals surface area (Å²) in [5, 5.41) is 9.90. The van der Waals surface area contributed by atoms with Crippen LogP contribution in [-0.2, 0) is 9.59 Å². The van der Waals surface area contributed by atoms with Gasteiger partial charge in [-0.2, -0.15) is 0 Å². The SMILES string of the molecule is CCCCCCC(=O)N1CCN(C(=O)CCCSc2nnc(-c3ccc(C)cc3)n2-c2ccc(C)cc2)CC1C. The van der Waals surface area contributed by atoms with E-state index in [2.05, 4.69) is 91.0 Å². The van der Waals surface area contributed by atoms with Crippen molar-refractivity contribution in [2.24, 2.45) is 0 Å². The van der Waals surface area contributed by atoms with Crippen molar-refractivity contribution < 1.29 is 9.59 Å². The minimum absolute atomic E-state index is 0.0685. The van der Waals surface area contributed by atoms with Crippen molar-refractivity contribution in [1.82, 2.24) is 24.6 Å². The summed E-state index contributed by atoms with van der Waals surface area (Å²) in [4.78, 5) is 29.5. The van der Waals surface area contributed by atoms with Crippen LogP contribution in [-0.4, -0.2) is 67.8 Å². The predicted octanol–water partition coefficient (Wildman–Crippen LogP) is 6.45. The topological polar surface area (TPSA) is 71.3 Å². The minimum Gasteiger partial charge on any atom is -0.339 e. The molecule has 2 amide bonds. The molecule has 214 valence electrons. The summed E-state index contributed by atoms with van der Waals surface area (Å²) in [6, 6.07) is 16.8. The Labute approximate surface area is 243 Å². The van der Waals surface area contributed by atoms with E-state index in [1.54, 1.807) is 11.8 Å². The van der Waals surface area contributed by atoms with Crippen LogP contribution < -0.4 is 0 Å². The largest absolute Gasteiger partial charge is 0.339 e. The molecule has 1 aliphatic heterocycles. The van der Waals surface area contributed by atoms with E-state index in [1.165, 1.54) is 24.0 Å². The molecule has 4 rings (SSSR count). The van der Waals surface area contributed by atoms with Crippen molar-refractivity contribution in [3.05, 3.63) is 59.7 Å². The number of carbonyl (C=O) groups excluding carboxylic acids is 2. The number of nitrogens with zero attached hydrogens (tertiary/aromatic N) is 5. The van der Waals surface area contributed by atoms with Gasteiger partial charge in [0.2, 0.25) is 11.8 Å². The Morgan fingerprint density at radius 1 is 0.850 bits per heavy atom. The van der Waals surface area contributed by atoms with E-state index < -0.39 is 0 Å². The van der Waals surface area contributed by atoms with Crippen LogP contribution in [0.2, 0.25) is 0 Å². The van der Waals surface area contributed by atoms with Crippen LogP contribution in [0.1, 0.15) is 69.9 Å². The Balaban J connectivity index is 1.31. The van der Waals surface area contributed by atoms with Crippen molar-refractivity contribution in [1.29, 1.82) is 0 Å². The Hall–Kier alpha value is -3.13. The maximum Gasteiger partial charge on any atom is 0.222 e. The fraction of sp³-hybridized carbons (Fsp3) is 0.500. The number of unbranched alkanes of at least 4 members (excludes halogenated alkanes) is 3. The van der Waals surface area contributed by atoms with Gasteiger partial charge in [-0.05, 0) is 45.7 Å². The van der Waals surface area contributed by atoms with Gasteiger partial charge < -0.3 is 9.80 Å². The van der Waals surface area contributed by atoms with Crippen molar-refractivity contribution in [2.75, 3.05) is 25.4 Å². The molecule has 1 saturated heterocycles. The maximum absolute atomic E-state index is 13.0. The van der Waals surface area contributed by atoms with Crippen molar-refractivity contribution in [2.45, 2.75) is 83.8 Å². The third kappa shape index (κ3) is 7.74. The second-order valence-corrected chi connectivity index (χ2v) is 11.9. The molecular weight excluding hydrogens is 518 g/mol. The molecule has 1 fully saturated rings. The van der Waals surface area contributed by atoms with Crippen molar-refractivity contribution >= 4 is 23.6 Å². The van der Waals surface area contributed by atoms with E-state index in [4.69, 9.17) is 0 Å². The van der Waals surface area contributed by atoms with Crippen LogP contribution in [0.4, 0.5) is 0 Å². The lowest BCUT2D eigenvalue weighted by Gasteiger charge is -2.40. The molecule has 0 aliphatic carbocycles. The summed E-state index contributed by atoms with van der Waals surface area (Å²) in [7, 11) is 0. The Morgan fingerprint density at radius 2 is 1.52 bits per heavy atom. The number of piperazine rings is 1. The van der Waals surface area contributed by atoms with E-state index in [0.29, 0.717) is 32.5 Å². The summed E-state index contributed by atoms with van der Waals surface area (Å²) in [5.41, 5.74) is 4.45. The summed E-state index contributed by atoms with van der Waals surface area (Å²) in [5.74, 6) is 1.99. The lowest BCUT2D eigenvalue weighted by Crippen LogP contribution is -2.55. The Bertz CT molecular complexity index is 1260. The lowest BCUT2D eigenvalue weighted by molar-refractivity contribution is -0.142. The fourth-order valence-electron chi connectivity index (χ4n) is 5.13. The normalized spacial score (nSPS) is 15.4. The number of amides is 2. The van der Waals surface area contributed by atoms with E-state index in [9.17, 15) is 9.59 Å². The number of carbonyl (C=O) groups is 2. The summed E-state index contributed by atoms with van der Waals surface area (Å²) < 4.78 is 2.11. The molecular formula is C32H43N5O2S. The zero-order chi connectivity index (χ0) is 28.5. The van der Waals surface area contributed by atoms with Gasteiger partial charge in [0.25, 0.3) is 0 Å². The first-order chi connectivity index (χ1) is 19.4. The highest BCUT2D eigenvalue weighted by molar-refractivity contribution is 7.99. The van der Waals surface area contributed by atoms with Crippen LogP contribution in [0.15, 0.2) is 53.7 Å². The lowest BCUT2D eigenvalue weighted by atomic mass is 10.1. The number of aryl methyl sites for hydroxylation is 2. The molecule has 0 radical (unpaired) electrons. The molecule has 7 nitrogen and oxygen atoms in total. The second kappa shape index (κ2) is 14.5. The molecule has 40 heavy (non-hydrogen) atoms. The predicted molar refractivity (Wildman–Crippen MR) is 163 cm³/mol. The quantitative estimate of drug-likeness (QED) is 0.188. The molecule has 2 aromatic carbocycles. The number of hydrogen-bond acceptors (Lipinski definition) is 5. The van der Waals surface area contributed by atoms with Crippen molar-refractivity contribution in [3.63, 3.8) is 0 Å². The zero-order valence-corrected chi connectivity index (χ0v) is 25.3. The van der Waals surface area contributed by atoms with Gasteiger partial charge in [0.05, 0.1) is 0 Å². The fourth-order valence-corrected chi connectivity index (χ4v) is 6.02. The van der Waals surface area contributed by atoms with Gasteiger partial charge in [-0.15, -0.1) is 10.2 Å². The van der Waals surface area contributed by atoms with Gasteiger partial charge in [-0.3, -0.25) is 14.2 Å². The number of hydrogen-bond donors (Lipinski definition) is 0. The molecule has 0 N–H and O–H groups in total. The van der Waals surface area contributed by atoms with E-state index in [1.807, 2.05) is 9.80 Å². The summed E-state index contributed by atoms with van der Waals surface area (Å²) >= 11 is 1.63. The van der Waals surface area contributed by atoms with E-state index in [0.717, 1.165) is 47.2 Å². The molecule has 1 aliphatic rings. The average Bonchev–Trinajstić information content (AvgIpc) is 3.37. The molecule has 0 bridgehead atoms. The van der Waals surface area contributed by atoms with Crippen LogP contribution >= 0.6 is 11.8 Å². The molecule has 1 aromatic heterocycles. The first-order valence-electron chi connectivity index (χ1n) is 14.7. The molecule has 3 aromatic rings. The molecule has 0 spiro atoms. The van der Waals surface area contributed by atoms with E-state index in [-0.39, 0.29) is 17.9 Å². The highest BCUT2D eigenvalue weighted by Gasteiger charge is 2.29. The Morgan fingerprint density at radius 3 is 2.20 bits per heavy atom. The van der Waals surface area contributed by atoms with Crippen LogP contribution in [0, 0.1) is 13.8 Å². The highest BCUT2D eigenvalue weighted by Crippen LogP contribution is 2.29. The van der Waals surface area contributed by atoms with Gasteiger partial charge in [-0.1, -0.05) is 85.5 Å². The number of thioether (sulfide) groups is 1. The monoisotopic (exact) mass is 561 g/mol. The first kappa shape index (κ1) is 29.8. The van der Waals surface area contributed by atoms with Gasteiger partial charge >= 0.3 is 0 Å². The van der Waals surface area contributed by atoms with Gasteiger partial charge in [-0.25, -0.2) is 0 Å². The summed E-state index contributed by atoms with van der Waals surface area (Å²) in [6.45, 7) is 10.3. The molecule has 8 heteroatoms.